The second-order valence-electron chi connectivity index (χ2n) is 9.86. The third-order valence-corrected chi connectivity index (χ3v) is 7.28. The second-order valence-corrected chi connectivity index (χ2v) is 9.86. The lowest BCUT2D eigenvalue weighted by atomic mass is 9.90. The molecule has 1 aliphatic rings. The van der Waals surface area contributed by atoms with Crippen molar-refractivity contribution >= 4 is 17.2 Å². The fraction of sp³-hybridized carbons (Fsp3) is 0.310. The molecule has 3 heterocycles. The summed E-state index contributed by atoms with van der Waals surface area (Å²) in [6.45, 7) is 3.08. The average Bonchev–Trinajstić information content (AvgIpc) is 3.36. The van der Waals surface area contributed by atoms with Crippen molar-refractivity contribution < 1.29 is 31.1 Å². The molecule has 5 rings (SSSR count). The van der Waals surface area contributed by atoms with E-state index >= 15 is 0 Å². The van der Waals surface area contributed by atoms with Gasteiger partial charge in [-0.1, -0.05) is 30.3 Å². The van der Waals surface area contributed by atoms with Crippen LogP contribution in [0.5, 0.6) is 0 Å². The fourth-order valence-electron chi connectivity index (χ4n) is 5.15. The number of halogens is 6. The van der Waals surface area contributed by atoms with E-state index in [1.807, 2.05) is 19.1 Å². The first kappa shape index (κ1) is 27.5. The summed E-state index contributed by atoms with van der Waals surface area (Å²) in [6, 6.07) is 13.7. The molecular formula is C29H26F6N4O. The van der Waals surface area contributed by atoms with Gasteiger partial charge in [0.25, 0.3) is 0 Å². The van der Waals surface area contributed by atoms with Crippen LogP contribution in [0.1, 0.15) is 40.3 Å². The lowest BCUT2D eigenvalue weighted by Gasteiger charge is -2.37. The number of rotatable bonds is 5. The lowest BCUT2D eigenvalue weighted by molar-refractivity contribution is -0.138. The number of imidazole rings is 1. The van der Waals surface area contributed by atoms with Gasteiger partial charge >= 0.3 is 12.4 Å². The minimum absolute atomic E-state index is 0.0907. The van der Waals surface area contributed by atoms with Gasteiger partial charge in [0.1, 0.15) is 5.65 Å². The number of alkyl halides is 6. The summed E-state index contributed by atoms with van der Waals surface area (Å²) in [6.07, 6.45) is -5.73. The van der Waals surface area contributed by atoms with Crippen LogP contribution in [0.3, 0.4) is 0 Å². The Balaban J connectivity index is 1.38. The first-order chi connectivity index (χ1) is 18.9. The second kappa shape index (κ2) is 10.5. The largest absolute Gasteiger partial charge is 0.416 e. The van der Waals surface area contributed by atoms with E-state index < -0.39 is 29.4 Å². The van der Waals surface area contributed by atoms with Gasteiger partial charge in [0.15, 0.2) is 0 Å². The Morgan fingerprint density at radius 1 is 0.875 bits per heavy atom. The number of anilines is 1. The maximum Gasteiger partial charge on any atom is 0.416 e. The number of hydrogen-bond acceptors (Lipinski definition) is 3. The van der Waals surface area contributed by atoms with Crippen LogP contribution in [-0.2, 0) is 17.1 Å². The molecule has 0 radical (unpaired) electrons. The molecular weight excluding hydrogens is 534 g/mol. The Kier molecular flexibility index (Phi) is 7.24. The Labute approximate surface area is 226 Å². The monoisotopic (exact) mass is 560 g/mol. The average molecular weight is 561 g/mol. The summed E-state index contributed by atoms with van der Waals surface area (Å²) < 4.78 is 81.9. The molecule has 0 bridgehead atoms. The normalized spacial score (nSPS) is 15.5. The predicted octanol–water partition coefficient (Wildman–Crippen LogP) is 6.55. The molecule has 11 heteroatoms. The van der Waals surface area contributed by atoms with Gasteiger partial charge in [-0.3, -0.25) is 4.79 Å². The summed E-state index contributed by atoms with van der Waals surface area (Å²) in [5, 5.41) is 0. The Hall–Kier alpha value is -4.02. The molecule has 0 aliphatic carbocycles. The van der Waals surface area contributed by atoms with Gasteiger partial charge in [-0.15, -0.1) is 0 Å². The zero-order valence-corrected chi connectivity index (χ0v) is 21.5. The highest BCUT2D eigenvalue weighted by Gasteiger charge is 2.34. The van der Waals surface area contributed by atoms with Crippen molar-refractivity contribution in [2.75, 3.05) is 31.1 Å². The summed E-state index contributed by atoms with van der Waals surface area (Å²) >= 11 is 0. The fourth-order valence-corrected chi connectivity index (χ4v) is 5.15. The molecule has 4 aromatic rings. The van der Waals surface area contributed by atoms with Crippen molar-refractivity contribution in [3.8, 4) is 0 Å². The standard InChI is InChI=1S/C29H26F6N4O/c1-19-5-4-10-39-25(18-36-27(19)39)24(20-6-2-7-21(15-20)28(30,31)32)17-26(40)38-13-11-37(12-14-38)23-9-3-8-22(16-23)29(33,34)35/h2-10,15-16,18,24H,11-14,17H2,1H3. The van der Waals surface area contributed by atoms with Gasteiger partial charge in [0, 0.05) is 56.6 Å². The number of fused-ring (bicyclic) bond motifs is 1. The number of pyridine rings is 1. The van der Waals surface area contributed by atoms with Crippen LogP contribution in [-0.4, -0.2) is 46.4 Å². The van der Waals surface area contributed by atoms with Crippen molar-refractivity contribution in [1.29, 1.82) is 0 Å². The van der Waals surface area contributed by atoms with Crippen LogP contribution in [0, 0.1) is 6.92 Å². The molecule has 40 heavy (non-hydrogen) atoms. The molecule has 0 saturated carbocycles. The number of carbonyl (C=O) groups is 1. The van der Waals surface area contributed by atoms with Crippen molar-refractivity contribution in [3.63, 3.8) is 0 Å². The Morgan fingerprint density at radius 3 is 2.20 bits per heavy atom. The van der Waals surface area contributed by atoms with E-state index in [1.165, 1.54) is 12.1 Å². The van der Waals surface area contributed by atoms with Crippen LogP contribution in [0.2, 0.25) is 0 Å². The number of hydrogen-bond donors (Lipinski definition) is 0. The van der Waals surface area contributed by atoms with Crippen molar-refractivity contribution in [2.24, 2.45) is 0 Å². The van der Waals surface area contributed by atoms with Gasteiger partial charge in [0.2, 0.25) is 5.91 Å². The Bertz CT molecular complexity index is 1520. The van der Waals surface area contributed by atoms with Gasteiger partial charge < -0.3 is 14.2 Å². The number of benzene rings is 2. The molecule has 1 unspecified atom stereocenters. The molecule has 5 nitrogen and oxygen atoms in total. The smallest absolute Gasteiger partial charge is 0.368 e. The van der Waals surface area contributed by atoms with Crippen LogP contribution >= 0.6 is 0 Å². The van der Waals surface area contributed by atoms with Crippen molar-refractivity contribution in [1.82, 2.24) is 14.3 Å². The molecule has 1 saturated heterocycles. The third kappa shape index (κ3) is 5.64. The van der Waals surface area contributed by atoms with Crippen LogP contribution in [0.25, 0.3) is 5.65 Å². The summed E-state index contributed by atoms with van der Waals surface area (Å²) in [5.74, 6) is -0.957. The zero-order chi connectivity index (χ0) is 28.7. The topological polar surface area (TPSA) is 40.9 Å². The first-order valence-electron chi connectivity index (χ1n) is 12.7. The molecule has 2 aromatic carbocycles. The van der Waals surface area contributed by atoms with Crippen LogP contribution in [0.15, 0.2) is 73.1 Å². The summed E-state index contributed by atoms with van der Waals surface area (Å²) in [4.78, 5) is 21.3. The highest BCUT2D eigenvalue weighted by Crippen LogP contribution is 2.36. The highest BCUT2D eigenvalue weighted by molar-refractivity contribution is 5.78. The van der Waals surface area contributed by atoms with E-state index in [4.69, 9.17) is 0 Å². The minimum Gasteiger partial charge on any atom is -0.368 e. The lowest BCUT2D eigenvalue weighted by Crippen LogP contribution is -2.49. The molecule has 1 atom stereocenters. The maximum atomic E-state index is 13.5. The molecule has 1 amide bonds. The molecule has 210 valence electrons. The van der Waals surface area contributed by atoms with Gasteiger partial charge in [-0.05, 0) is 48.4 Å². The van der Waals surface area contributed by atoms with E-state index in [0.29, 0.717) is 35.7 Å². The van der Waals surface area contributed by atoms with E-state index in [1.54, 1.807) is 38.7 Å². The van der Waals surface area contributed by atoms with E-state index in [0.717, 1.165) is 29.8 Å². The summed E-state index contributed by atoms with van der Waals surface area (Å²) in [5.41, 5.74) is 1.34. The number of aromatic nitrogens is 2. The quantitative estimate of drug-likeness (QED) is 0.260. The van der Waals surface area contributed by atoms with Gasteiger partial charge in [-0.25, -0.2) is 4.98 Å². The molecule has 0 N–H and O–H groups in total. The molecule has 0 spiro atoms. The molecule has 1 fully saturated rings. The number of amides is 1. The van der Waals surface area contributed by atoms with Crippen LogP contribution < -0.4 is 4.90 Å². The SMILES string of the molecule is Cc1cccn2c(C(CC(=O)N3CCN(c4cccc(C(F)(F)F)c4)CC3)c3cccc(C(F)(F)F)c3)cnc12. The van der Waals surface area contributed by atoms with E-state index in [2.05, 4.69) is 4.98 Å². The van der Waals surface area contributed by atoms with Crippen molar-refractivity contribution in [2.45, 2.75) is 31.6 Å². The zero-order valence-electron chi connectivity index (χ0n) is 21.5. The molecule has 1 aliphatic heterocycles. The van der Waals surface area contributed by atoms with Gasteiger partial charge in [-0.2, -0.15) is 26.3 Å². The number of nitrogens with zero attached hydrogens (tertiary/aromatic N) is 4. The third-order valence-electron chi connectivity index (χ3n) is 7.28. The minimum atomic E-state index is -4.54. The van der Waals surface area contributed by atoms with Crippen molar-refractivity contribution in [3.05, 3.63) is 101 Å². The number of aryl methyl sites for hydroxylation is 1. The van der Waals surface area contributed by atoms with E-state index in [9.17, 15) is 31.1 Å². The first-order valence-corrected chi connectivity index (χ1v) is 12.7. The van der Waals surface area contributed by atoms with Crippen LogP contribution in [0.4, 0.5) is 32.0 Å². The number of piperazine rings is 1. The number of carbonyl (C=O) groups excluding carboxylic acids is 1. The molecule has 2 aromatic heterocycles. The predicted molar refractivity (Wildman–Crippen MR) is 138 cm³/mol. The summed E-state index contributed by atoms with van der Waals surface area (Å²) in [7, 11) is 0. The van der Waals surface area contributed by atoms with Gasteiger partial charge in [0.05, 0.1) is 16.8 Å². The highest BCUT2D eigenvalue weighted by atomic mass is 19.4. The maximum absolute atomic E-state index is 13.5. The van der Waals surface area contributed by atoms with E-state index in [-0.39, 0.29) is 25.4 Å². The Morgan fingerprint density at radius 2 is 1.52 bits per heavy atom.